The molecule has 1 heterocycles. The van der Waals surface area contributed by atoms with Gasteiger partial charge in [-0.05, 0) is 62.5 Å². The Bertz CT molecular complexity index is 429. The topological polar surface area (TPSA) is 44.7 Å². The Kier molecular flexibility index (Phi) is 6.49. The Morgan fingerprint density at radius 2 is 2.10 bits per heavy atom. The SMILES string of the molecule is COc1ccc(CNCC2CCN(CCO)CC2)cc1C. The predicted octanol–water partition coefficient (Wildman–Crippen LogP) is 1.80. The highest BCUT2D eigenvalue weighted by molar-refractivity contribution is 5.36. The van der Waals surface area contributed by atoms with Crippen LogP contribution in [-0.4, -0.2) is 49.9 Å². The second kappa shape index (κ2) is 8.37. The van der Waals surface area contributed by atoms with Crippen LogP contribution in [0.5, 0.6) is 5.75 Å². The minimum atomic E-state index is 0.278. The van der Waals surface area contributed by atoms with E-state index >= 15 is 0 Å². The maximum atomic E-state index is 8.95. The lowest BCUT2D eigenvalue weighted by Crippen LogP contribution is -2.38. The van der Waals surface area contributed by atoms with Crippen molar-refractivity contribution in [2.45, 2.75) is 26.3 Å². The van der Waals surface area contributed by atoms with Crippen LogP contribution in [0.4, 0.5) is 0 Å². The third kappa shape index (κ3) is 4.99. The molecule has 0 spiro atoms. The zero-order chi connectivity index (χ0) is 15.1. The molecule has 0 amide bonds. The molecule has 2 rings (SSSR count). The summed E-state index contributed by atoms with van der Waals surface area (Å²) < 4.78 is 5.29. The molecule has 0 saturated carbocycles. The van der Waals surface area contributed by atoms with Gasteiger partial charge in [-0.3, -0.25) is 0 Å². The fourth-order valence-electron chi connectivity index (χ4n) is 3.03. The Morgan fingerprint density at radius 1 is 1.33 bits per heavy atom. The van der Waals surface area contributed by atoms with E-state index in [9.17, 15) is 0 Å². The van der Waals surface area contributed by atoms with Crippen molar-refractivity contribution in [1.29, 1.82) is 0 Å². The molecule has 0 aromatic heterocycles. The van der Waals surface area contributed by atoms with Crippen LogP contribution >= 0.6 is 0 Å². The molecule has 0 bridgehead atoms. The van der Waals surface area contributed by atoms with E-state index in [4.69, 9.17) is 9.84 Å². The van der Waals surface area contributed by atoms with Gasteiger partial charge in [-0.25, -0.2) is 0 Å². The molecule has 1 aromatic rings. The van der Waals surface area contributed by atoms with Crippen molar-refractivity contribution in [2.24, 2.45) is 5.92 Å². The van der Waals surface area contributed by atoms with Crippen LogP contribution in [-0.2, 0) is 6.54 Å². The molecule has 1 aromatic carbocycles. The van der Waals surface area contributed by atoms with Crippen LogP contribution in [0.25, 0.3) is 0 Å². The average Bonchev–Trinajstić information content (AvgIpc) is 2.49. The summed E-state index contributed by atoms with van der Waals surface area (Å²) in [5.41, 5.74) is 2.50. The monoisotopic (exact) mass is 292 g/mol. The minimum absolute atomic E-state index is 0.278. The quantitative estimate of drug-likeness (QED) is 0.804. The van der Waals surface area contributed by atoms with Gasteiger partial charge in [-0.1, -0.05) is 12.1 Å². The molecule has 1 saturated heterocycles. The smallest absolute Gasteiger partial charge is 0.121 e. The maximum absolute atomic E-state index is 8.95. The van der Waals surface area contributed by atoms with E-state index in [1.165, 1.54) is 24.0 Å². The number of hydrogen-bond donors (Lipinski definition) is 2. The van der Waals surface area contributed by atoms with Gasteiger partial charge in [-0.2, -0.15) is 0 Å². The third-order valence-corrected chi connectivity index (χ3v) is 4.34. The van der Waals surface area contributed by atoms with Crippen molar-refractivity contribution < 1.29 is 9.84 Å². The third-order valence-electron chi connectivity index (χ3n) is 4.34. The summed E-state index contributed by atoms with van der Waals surface area (Å²) >= 11 is 0. The molecule has 21 heavy (non-hydrogen) atoms. The zero-order valence-electron chi connectivity index (χ0n) is 13.3. The Hall–Kier alpha value is -1.10. The molecular formula is C17H28N2O2. The zero-order valence-corrected chi connectivity index (χ0v) is 13.3. The molecule has 0 aliphatic carbocycles. The predicted molar refractivity (Wildman–Crippen MR) is 85.7 cm³/mol. The second-order valence-electron chi connectivity index (χ2n) is 5.94. The summed E-state index contributed by atoms with van der Waals surface area (Å²) in [4.78, 5) is 2.35. The summed E-state index contributed by atoms with van der Waals surface area (Å²) in [5, 5.41) is 12.5. The van der Waals surface area contributed by atoms with Gasteiger partial charge in [0.15, 0.2) is 0 Å². The number of nitrogens with zero attached hydrogens (tertiary/aromatic N) is 1. The van der Waals surface area contributed by atoms with Crippen molar-refractivity contribution in [3.8, 4) is 5.75 Å². The van der Waals surface area contributed by atoms with Crippen LogP contribution in [0.1, 0.15) is 24.0 Å². The summed E-state index contributed by atoms with van der Waals surface area (Å²) in [7, 11) is 1.71. The normalized spacial score (nSPS) is 17.1. The highest BCUT2D eigenvalue weighted by Gasteiger charge is 2.18. The second-order valence-corrected chi connectivity index (χ2v) is 5.94. The molecule has 118 valence electrons. The number of aliphatic hydroxyl groups is 1. The number of likely N-dealkylation sites (tertiary alicyclic amines) is 1. The van der Waals surface area contributed by atoms with E-state index in [2.05, 4.69) is 29.3 Å². The van der Waals surface area contributed by atoms with Crippen LogP contribution < -0.4 is 10.1 Å². The molecule has 2 N–H and O–H groups in total. The maximum Gasteiger partial charge on any atom is 0.121 e. The standard InChI is InChI=1S/C17H28N2O2/c1-14-11-16(3-4-17(14)21-2)13-18-12-15-5-7-19(8-6-15)9-10-20/h3-4,11,15,18,20H,5-10,12-13H2,1-2H3. The first-order valence-electron chi connectivity index (χ1n) is 7.90. The number of aliphatic hydroxyl groups excluding tert-OH is 1. The van der Waals surface area contributed by atoms with Gasteiger partial charge >= 0.3 is 0 Å². The minimum Gasteiger partial charge on any atom is -0.496 e. The summed E-state index contributed by atoms with van der Waals surface area (Å²) in [5.74, 6) is 1.72. The number of rotatable bonds is 7. The lowest BCUT2D eigenvalue weighted by atomic mass is 9.96. The number of β-amino-alcohol motifs (C(OH)–C–C–N with tert-alkyl or cyclic N) is 1. The van der Waals surface area contributed by atoms with Crippen molar-refractivity contribution in [1.82, 2.24) is 10.2 Å². The molecule has 0 unspecified atom stereocenters. The van der Waals surface area contributed by atoms with Gasteiger partial charge in [0.1, 0.15) is 5.75 Å². The number of methoxy groups -OCH3 is 1. The van der Waals surface area contributed by atoms with Crippen LogP contribution in [0, 0.1) is 12.8 Å². The highest BCUT2D eigenvalue weighted by Crippen LogP contribution is 2.19. The van der Waals surface area contributed by atoms with Gasteiger partial charge in [0, 0.05) is 13.1 Å². The van der Waals surface area contributed by atoms with E-state index in [0.717, 1.165) is 44.4 Å². The Balaban J connectivity index is 1.69. The molecule has 4 heteroatoms. The molecule has 4 nitrogen and oxygen atoms in total. The first kappa shape index (κ1) is 16.3. The van der Waals surface area contributed by atoms with E-state index in [1.807, 2.05) is 6.07 Å². The number of piperidine rings is 1. The lowest BCUT2D eigenvalue weighted by Gasteiger charge is -2.31. The van der Waals surface area contributed by atoms with Crippen LogP contribution in [0.2, 0.25) is 0 Å². The van der Waals surface area contributed by atoms with Crippen LogP contribution in [0.3, 0.4) is 0 Å². The molecule has 1 aliphatic rings. The molecule has 1 aliphatic heterocycles. The van der Waals surface area contributed by atoms with Gasteiger partial charge in [0.05, 0.1) is 13.7 Å². The number of ether oxygens (including phenoxy) is 1. The van der Waals surface area contributed by atoms with Gasteiger partial charge in [0.2, 0.25) is 0 Å². The largest absolute Gasteiger partial charge is 0.496 e. The van der Waals surface area contributed by atoms with Crippen molar-refractivity contribution >= 4 is 0 Å². The Morgan fingerprint density at radius 3 is 2.71 bits per heavy atom. The average molecular weight is 292 g/mol. The fourth-order valence-corrected chi connectivity index (χ4v) is 3.03. The lowest BCUT2D eigenvalue weighted by molar-refractivity contribution is 0.146. The molecule has 1 fully saturated rings. The van der Waals surface area contributed by atoms with Crippen molar-refractivity contribution in [3.05, 3.63) is 29.3 Å². The molecule has 0 radical (unpaired) electrons. The van der Waals surface area contributed by atoms with Crippen molar-refractivity contribution in [3.63, 3.8) is 0 Å². The summed E-state index contributed by atoms with van der Waals surface area (Å²) in [6.07, 6.45) is 2.46. The fraction of sp³-hybridized carbons (Fsp3) is 0.647. The van der Waals surface area contributed by atoms with Crippen molar-refractivity contribution in [2.75, 3.05) is 39.9 Å². The van der Waals surface area contributed by atoms with Gasteiger partial charge < -0.3 is 20.1 Å². The van der Waals surface area contributed by atoms with E-state index < -0.39 is 0 Å². The summed E-state index contributed by atoms with van der Waals surface area (Å²) in [6, 6.07) is 6.36. The van der Waals surface area contributed by atoms with E-state index in [1.54, 1.807) is 7.11 Å². The first-order valence-corrected chi connectivity index (χ1v) is 7.90. The molecular weight excluding hydrogens is 264 g/mol. The number of hydrogen-bond acceptors (Lipinski definition) is 4. The van der Waals surface area contributed by atoms with Crippen LogP contribution in [0.15, 0.2) is 18.2 Å². The first-order chi connectivity index (χ1) is 10.2. The number of benzene rings is 1. The number of aryl methyl sites for hydroxylation is 1. The molecule has 0 atom stereocenters. The number of nitrogens with one attached hydrogen (secondary N) is 1. The van der Waals surface area contributed by atoms with E-state index in [-0.39, 0.29) is 6.61 Å². The Labute approximate surface area is 128 Å². The van der Waals surface area contributed by atoms with Gasteiger partial charge in [0.25, 0.3) is 0 Å². The van der Waals surface area contributed by atoms with Gasteiger partial charge in [-0.15, -0.1) is 0 Å². The summed E-state index contributed by atoms with van der Waals surface area (Å²) in [6.45, 7) is 7.42. The van der Waals surface area contributed by atoms with E-state index in [0.29, 0.717) is 0 Å². The highest BCUT2D eigenvalue weighted by atomic mass is 16.5.